The second kappa shape index (κ2) is 5.46. The number of furan rings is 1. The Morgan fingerprint density at radius 1 is 1.55 bits per heavy atom. The van der Waals surface area contributed by atoms with Crippen LogP contribution in [0.5, 0.6) is 0 Å². The van der Waals surface area contributed by atoms with Gasteiger partial charge in [0.25, 0.3) is 0 Å². The Morgan fingerprint density at radius 2 is 2.36 bits per heavy atom. The van der Waals surface area contributed by atoms with Gasteiger partial charge in [-0.3, -0.25) is 0 Å². The lowest BCUT2D eigenvalue weighted by Crippen LogP contribution is -1.96. The fourth-order valence-electron chi connectivity index (χ4n) is 2.04. The van der Waals surface area contributed by atoms with E-state index in [2.05, 4.69) is 21.4 Å². The maximum Gasteiger partial charge on any atom is 0.219 e. The molecule has 3 rings (SSSR count). The molecule has 8 heteroatoms. The van der Waals surface area contributed by atoms with E-state index in [0.717, 1.165) is 11.3 Å². The maximum absolute atomic E-state index is 9.06. The molecule has 0 aliphatic heterocycles. The van der Waals surface area contributed by atoms with Crippen LogP contribution in [0.25, 0.3) is 11.6 Å². The molecule has 3 aromatic heterocycles. The summed E-state index contributed by atoms with van der Waals surface area (Å²) in [6, 6.07) is 7.45. The second-order valence-electron chi connectivity index (χ2n) is 4.63. The molecule has 110 valence electrons. The van der Waals surface area contributed by atoms with Crippen molar-refractivity contribution in [3.63, 3.8) is 0 Å². The van der Waals surface area contributed by atoms with Gasteiger partial charge in [0.1, 0.15) is 11.8 Å². The summed E-state index contributed by atoms with van der Waals surface area (Å²) in [5, 5.41) is 20.2. The Balaban J connectivity index is 2.03. The maximum atomic E-state index is 9.06. The van der Waals surface area contributed by atoms with Gasteiger partial charge in [0, 0.05) is 18.3 Å². The van der Waals surface area contributed by atoms with Gasteiger partial charge in [0.05, 0.1) is 12.5 Å². The Hall–Kier alpha value is -2.92. The molecule has 0 aromatic carbocycles. The monoisotopic (exact) mass is 312 g/mol. The second-order valence-corrected chi connectivity index (χ2v) is 5.01. The van der Waals surface area contributed by atoms with E-state index in [4.69, 9.17) is 21.9 Å². The minimum Gasteiger partial charge on any atom is -0.461 e. The third kappa shape index (κ3) is 2.27. The SMILES string of the molecule is Cc1c(/C=N\n2c(-c3ccco3)n[nH]c2=S)cc(C#N)n1C. The highest BCUT2D eigenvalue weighted by Gasteiger charge is 2.11. The van der Waals surface area contributed by atoms with E-state index < -0.39 is 0 Å². The van der Waals surface area contributed by atoms with E-state index in [9.17, 15) is 0 Å². The smallest absolute Gasteiger partial charge is 0.219 e. The van der Waals surface area contributed by atoms with Crippen molar-refractivity contribution in [1.29, 1.82) is 5.26 Å². The van der Waals surface area contributed by atoms with Crippen LogP contribution in [0.2, 0.25) is 0 Å². The molecule has 0 unspecified atom stereocenters. The van der Waals surface area contributed by atoms with Crippen LogP contribution in [0, 0.1) is 23.0 Å². The molecular formula is C14H12N6OS. The van der Waals surface area contributed by atoms with Crippen LogP contribution in [0.15, 0.2) is 34.0 Å². The van der Waals surface area contributed by atoms with Crippen LogP contribution in [0.3, 0.4) is 0 Å². The van der Waals surface area contributed by atoms with Crippen LogP contribution in [-0.2, 0) is 7.05 Å². The van der Waals surface area contributed by atoms with Crippen molar-refractivity contribution in [2.24, 2.45) is 12.1 Å². The first-order valence-corrected chi connectivity index (χ1v) is 6.84. The first kappa shape index (κ1) is 14.0. The highest BCUT2D eigenvalue weighted by Crippen LogP contribution is 2.18. The molecule has 0 radical (unpaired) electrons. The van der Waals surface area contributed by atoms with E-state index in [1.165, 1.54) is 4.68 Å². The summed E-state index contributed by atoms with van der Waals surface area (Å²) in [6.45, 7) is 1.92. The molecule has 0 aliphatic rings. The zero-order valence-corrected chi connectivity index (χ0v) is 12.8. The lowest BCUT2D eigenvalue weighted by molar-refractivity contribution is 0.573. The lowest BCUT2D eigenvalue weighted by atomic mass is 10.3. The summed E-state index contributed by atoms with van der Waals surface area (Å²) in [5.74, 6) is 1.05. The Morgan fingerprint density at radius 3 is 3.00 bits per heavy atom. The zero-order chi connectivity index (χ0) is 15.7. The normalized spacial score (nSPS) is 11.1. The van der Waals surface area contributed by atoms with E-state index in [-0.39, 0.29) is 0 Å². The highest BCUT2D eigenvalue weighted by atomic mass is 32.1. The predicted octanol–water partition coefficient (Wildman–Crippen LogP) is 2.60. The summed E-state index contributed by atoms with van der Waals surface area (Å²) in [4.78, 5) is 0. The molecule has 0 spiro atoms. The first-order chi connectivity index (χ1) is 10.6. The lowest BCUT2D eigenvalue weighted by Gasteiger charge is -1.98. The van der Waals surface area contributed by atoms with Crippen LogP contribution >= 0.6 is 12.2 Å². The third-order valence-electron chi connectivity index (χ3n) is 3.39. The number of nitrogens with one attached hydrogen (secondary N) is 1. The van der Waals surface area contributed by atoms with Gasteiger partial charge in [-0.15, -0.1) is 5.10 Å². The molecule has 3 heterocycles. The van der Waals surface area contributed by atoms with Gasteiger partial charge < -0.3 is 8.98 Å². The molecule has 0 saturated heterocycles. The largest absolute Gasteiger partial charge is 0.461 e. The number of rotatable bonds is 3. The number of nitriles is 1. The molecule has 7 nitrogen and oxygen atoms in total. The van der Waals surface area contributed by atoms with Gasteiger partial charge in [-0.2, -0.15) is 15.0 Å². The summed E-state index contributed by atoms with van der Waals surface area (Å²) < 4.78 is 8.97. The minimum absolute atomic E-state index is 0.358. The van der Waals surface area contributed by atoms with Gasteiger partial charge in [0.2, 0.25) is 10.6 Å². The van der Waals surface area contributed by atoms with E-state index in [0.29, 0.717) is 22.0 Å². The van der Waals surface area contributed by atoms with Crippen molar-refractivity contribution in [2.45, 2.75) is 6.92 Å². The van der Waals surface area contributed by atoms with Crippen LogP contribution in [-0.4, -0.2) is 25.7 Å². The molecule has 0 aliphatic carbocycles. The van der Waals surface area contributed by atoms with Gasteiger partial charge >= 0.3 is 0 Å². The van der Waals surface area contributed by atoms with Crippen molar-refractivity contribution >= 4 is 18.4 Å². The molecule has 22 heavy (non-hydrogen) atoms. The van der Waals surface area contributed by atoms with Crippen molar-refractivity contribution in [3.8, 4) is 17.7 Å². The standard InChI is InChI=1S/C14H12N6OS/c1-9-10(6-11(7-15)19(9)2)8-16-20-13(17-18-14(20)22)12-4-3-5-21-12/h3-6,8H,1-2H3,(H,18,22)/b16-8-. The average molecular weight is 312 g/mol. The van der Waals surface area contributed by atoms with E-state index in [1.54, 1.807) is 30.7 Å². The quantitative estimate of drug-likeness (QED) is 0.595. The van der Waals surface area contributed by atoms with Crippen molar-refractivity contribution in [3.05, 3.63) is 46.2 Å². The van der Waals surface area contributed by atoms with Crippen LogP contribution in [0.4, 0.5) is 0 Å². The fraction of sp³-hybridized carbons (Fsp3) is 0.143. The molecule has 1 N–H and O–H groups in total. The summed E-state index contributed by atoms with van der Waals surface area (Å²) in [5.41, 5.74) is 2.35. The first-order valence-electron chi connectivity index (χ1n) is 6.44. The minimum atomic E-state index is 0.358. The number of aromatic amines is 1. The number of nitrogens with zero attached hydrogens (tertiary/aromatic N) is 5. The molecule has 0 saturated carbocycles. The average Bonchev–Trinajstić information content (AvgIpc) is 3.21. The summed E-state index contributed by atoms with van der Waals surface area (Å²) >= 11 is 5.18. The van der Waals surface area contributed by atoms with Crippen LogP contribution in [0.1, 0.15) is 17.0 Å². The topological polar surface area (TPSA) is 87.8 Å². The van der Waals surface area contributed by atoms with Crippen molar-refractivity contribution < 1.29 is 4.42 Å². The molecule has 0 bridgehead atoms. The number of H-pyrrole nitrogens is 1. The fourth-order valence-corrected chi connectivity index (χ4v) is 2.22. The van der Waals surface area contributed by atoms with E-state index in [1.807, 2.05) is 18.5 Å². The zero-order valence-electron chi connectivity index (χ0n) is 11.9. The Bertz CT molecular complexity index is 935. The van der Waals surface area contributed by atoms with Crippen molar-refractivity contribution in [1.82, 2.24) is 19.4 Å². The Kier molecular flexibility index (Phi) is 3.48. The van der Waals surface area contributed by atoms with Gasteiger partial charge in [-0.05, 0) is 37.3 Å². The number of hydrogen-bond acceptors (Lipinski definition) is 5. The molecule has 3 aromatic rings. The summed E-state index contributed by atoms with van der Waals surface area (Å²) in [6.07, 6.45) is 3.20. The molecule has 0 fully saturated rings. The van der Waals surface area contributed by atoms with Gasteiger partial charge in [0.15, 0.2) is 5.76 Å². The molecule has 0 amide bonds. The van der Waals surface area contributed by atoms with E-state index >= 15 is 0 Å². The predicted molar refractivity (Wildman–Crippen MR) is 83.0 cm³/mol. The molecular weight excluding hydrogens is 300 g/mol. The molecule has 0 atom stereocenters. The van der Waals surface area contributed by atoms with Gasteiger partial charge in [-0.25, -0.2) is 5.10 Å². The van der Waals surface area contributed by atoms with Crippen LogP contribution < -0.4 is 0 Å². The van der Waals surface area contributed by atoms with Crippen molar-refractivity contribution in [2.75, 3.05) is 0 Å². The number of hydrogen-bond donors (Lipinski definition) is 1. The number of aromatic nitrogens is 4. The Labute approximate surface area is 131 Å². The summed E-state index contributed by atoms with van der Waals surface area (Å²) in [7, 11) is 1.84. The highest BCUT2D eigenvalue weighted by molar-refractivity contribution is 7.71. The van der Waals surface area contributed by atoms with Gasteiger partial charge in [-0.1, -0.05) is 0 Å². The third-order valence-corrected chi connectivity index (χ3v) is 3.66.